The first-order chi connectivity index (χ1) is 12.4. The Hall–Kier alpha value is -2.64. The maximum absolute atomic E-state index is 12.9. The Morgan fingerprint density at radius 1 is 1.15 bits per heavy atom. The molecule has 0 radical (unpaired) electrons. The molecule has 2 aliphatic rings. The highest BCUT2D eigenvalue weighted by molar-refractivity contribution is 5.99. The lowest BCUT2D eigenvalue weighted by Gasteiger charge is -2.26. The van der Waals surface area contributed by atoms with Gasteiger partial charge in [-0.15, -0.1) is 0 Å². The van der Waals surface area contributed by atoms with Crippen LogP contribution in [0.4, 0.5) is 11.4 Å². The number of hydrogen-bond acceptors (Lipinski definition) is 5. The maximum atomic E-state index is 12.9. The van der Waals surface area contributed by atoms with Gasteiger partial charge in [-0.3, -0.25) is 19.7 Å². The quantitative estimate of drug-likeness (QED) is 0.604. The van der Waals surface area contributed by atoms with Crippen molar-refractivity contribution in [2.24, 2.45) is 0 Å². The minimum Gasteiger partial charge on any atom is -0.366 e. The van der Waals surface area contributed by atoms with Crippen LogP contribution in [0.5, 0.6) is 0 Å². The molecule has 1 atom stereocenters. The smallest absolute Gasteiger partial charge is 0.293 e. The average Bonchev–Trinajstić information content (AvgIpc) is 3.31. The lowest BCUT2D eigenvalue weighted by molar-refractivity contribution is -0.384. The standard InChI is InChI=1S/C18H24N4O4/c1-19(2)18(24)15-6-5-11-21(15)17(23)13-7-8-14(16(12-13)22(25)26)20-9-3-4-10-20/h7-8,12,15H,3-6,9-11H2,1-2H3. The van der Waals surface area contributed by atoms with E-state index in [1.165, 1.54) is 15.9 Å². The van der Waals surface area contributed by atoms with Crippen molar-refractivity contribution in [2.45, 2.75) is 31.7 Å². The summed E-state index contributed by atoms with van der Waals surface area (Å²) in [6.07, 6.45) is 3.40. The predicted octanol–water partition coefficient (Wildman–Crippen LogP) is 1.89. The van der Waals surface area contributed by atoms with Gasteiger partial charge in [0.1, 0.15) is 11.7 Å². The Bertz CT molecular complexity index is 728. The monoisotopic (exact) mass is 360 g/mol. The lowest BCUT2D eigenvalue weighted by Crippen LogP contribution is -2.45. The lowest BCUT2D eigenvalue weighted by atomic mass is 10.1. The first kappa shape index (κ1) is 18.2. The summed E-state index contributed by atoms with van der Waals surface area (Å²) in [4.78, 5) is 41.3. The number of nitro groups is 1. The molecule has 1 aromatic rings. The van der Waals surface area contributed by atoms with Crippen molar-refractivity contribution in [1.29, 1.82) is 0 Å². The first-order valence-corrected chi connectivity index (χ1v) is 8.95. The van der Waals surface area contributed by atoms with Crippen LogP contribution in [0.1, 0.15) is 36.0 Å². The average molecular weight is 360 g/mol. The van der Waals surface area contributed by atoms with Gasteiger partial charge >= 0.3 is 0 Å². The van der Waals surface area contributed by atoms with E-state index in [0.717, 1.165) is 32.4 Å². The molecular formula is C18H24N4O4. The minimum atomic E-state index is -0.491. The topological polar surface area (TPSA) is 87.0 Å². The fraction of sp³-hybridized carbons (Fsp3) is 0.556. The molecule has 2 saturated heterocycles. The van der Waals surface area contributed by atoms with Crippen molar-refractivity contribution in [3.8, 4) is 0 Å². The van der Waals surface area contributed by atoms with Crippen LogP contribution < -0.4 is 4.90 Å². The summed E-state index contributed by atoms with van der Waals surface area (Å²) in [5, 5.41) is 11.5. The number of likely N-dealkylation sites (N-methyl/N-ethyl adjacent to an activating group) is 1. The molecule has 2 heterocycles. The molecular weight excluding hydrogens is 336 g/mol. The summed E-state index contributed by atoms with van der Waals surface area (Å²) in [5.41, 5.74) is 0.775. The molecule has 8 heteroatoms. The normalized spacial score (nSPS) is 19.7. The number of amides is 2. The number of carbonyl (C=O) groups excluding carboxylic acids is 2. The van der Waals surface area contributed by atoms with Gasteiger partial charge in [-0.25, -0.2) is 0 Å². The number of carbonyl (C=O) groups is 2. The number of benzene rings is 1. The Morgan fingerprint density at radius 2 is 1.85 bits per heavy atom. The van der Waals surface area contributed by atoms with Gasteiger partial charge in [-0.1, -0.05) is 0 Å². The fourth-order valence-corrected chi connectivity index (χ4v) is 3.76. The van der Waals surface area contributed by atoms with E-state index in [9.17, 15) is 19.7 Å². The SMILES string of the molecule is CN(C)C(=O)C1CCCN1C(=O)c1ccc(N2CCCC2)c([N+](=O)[O-])c1. The van der Waals surface area contributed by atoms with Gasteiger partial charge < -0.3 is 14.7 Å². The third-order valence-electron chi connectivity index (χ3n) is 5.11. The highest BCUT2D eigenvalue weighted by Crippen LogP contribution is 2.32. The summed E-state index contributed by atoms with van der Waals surface area (Å²) >= 11 is 0. The summed E-state index contributed by atoms with van der Waals surface area (Å²) in [6.45, 7) is 2.07. The van der Waals surface area contributed by atoms with E-state index < -0.39 is 11.0 Å². The second-order valence-electron chi connectivity index (χ2n) is 7.04. The third-order valence-corrected chi connectivity index (χ3v) is 5.11. The number of nitro benzene ring substituents is 1. The van der Waals surface area contributed by atoms with E-state index >= 15 is 0 Å². The minimum absolute atomic E-state index is 0.0487. The molecule has 0 aromatic heterocycles. The Labute approximate surface area is 152 Å². The maximum Gasteiger partial charge on any atom is 0.293 e. The molecule has 0 spiro atoms. The molecule has 2 amide bonds. The molecule has 1 aromatic carbocycles. The molecule has 8 nitrogen and oxygen atoms in total. The van der Waals surface area contributed by atoms with E-state index in [2.05, 4.69) is 0 Å². The van der Waals surface area contributed by atoms with Crippen molar-refractivity contribution in [3.05, 3.63) is 33.9 Å². The summed E-state index contributed by atoms with van der Waals surface area (Å²) in [5.74, 6) is -0.433. The molecule has 0 bridgehead atoms. The number of hydrogen-bond donors (Lipinski definition) is 0. The van der Waals surface area contributed by atoms with Gasteiger partial charge in [-0.05, 0) is 37.8 Å². The summed E-state index contributed by atoms with van der Waals surface area (Å²) in [7, 11) is 3.33. The van der Waals surface area contributed by atoms with Crippen LogP contribution in [0, 0.1) is 10.1 Å². The van der Waals surface area contributed by atoms with Crippen LogP contribution in [0.15, 0.2) is 18.2 Å². The zero-order valence-electron chi connectivity index (χ0n) is 15.2. The molecule has 140 valence electrons. The molecule has 0 aliphatic carbocycles. The molecule has 3 rings (SSSR count). The van der Waals surface area contributed by atoms with Crippen molar-refractivity contribution in [2.75, 3.05) is 38.6 Å². The van der Waals surface area contributed by atoms with Crippen LogP contribution in [0.25, 0.3) is 0 Å². The second kappa shape index (κ2) is 7.31. The fourth-order valence-electron chi connectivity index (χ4n) is 3.76. The first-order valence-electron chi connectivity index (χ1n) is 8.95. The molecule has 1 unspecified atom stereocenters. The highest BCUT2D eigenvalue weighted by atomic mass is 16.6. The van der Waals surface area contributed by atoms with Crippen LogP contribution in [-0.2, 0) is 4.79 Å². The Balaban J connectivity index is 1.88. The van der Waals surface area contributed by atoms with Gasteiger partial charge in [-0.2, -0.15) is 0 Å². The molecule has 0 saturated carbocycles. The molecule has 2 fully saturated rings. The van der Waals surface area contributed by atoms with Gasteiger partial charge in [0.15, 0.2) is 0 Å². The molecule has 26 heavy (non-hydrogen) atoms. The molecule has 2 aliphatic heterocycles. The number of likely N-dealkylation sites (tertiary alicyclic amines) is 1. The van der Waals surface area contributed by atoms with Crippen LogP contribution in [0.3, 0.4) is 0 Å². The zero-order valence-corrected chi connectivity index (χ0v) is 15.2. The van der Waals surface area contributed by atoms with E-state index in [1.54, 1.807) is 26.2 Å². The van der Waals surface area contributed by atoms with E-state index in [4.69, 9.17) is 0 Å². The van der Waals surface area contributed by atoms with Gasteiger partial charge in [0, 0.05) is 45.4 Å². The number of anilines is 1. The van der Waals surface area contributed by atoms with Crippen molar-refractivity contribution < 1.29 is 14.5 Å². The summed E-state index contributed by atoms with van der Waals surface area (Å²) < 4.78 is 0. The Kier molecular flexibility index (Phi) is 5.11. The van der Waals surface area contributed by atoms with Crippen LogP contribution in [0.2, 0.25) is 0 Å². The van der Waals surface area contributed by atoms with Crippen molar-refractivity contribution in [1.82, 2.24) is 9.80 Å². The van der Waals surface area contributed by atoms with Crippen molar-refractivity contribution >= 4 is 23.2 Å². The number of rotatable bonds is 4. The van der Waals surface area contributed by atoms with Gasteiger partial charge in [0.2, 0.25) is 5.91 Å². The Morgan fingerprint density at radius 3 is 2.46 bits per heavy atom. The molecule has 0 N–H and O–H groups in total. The van der Waals surface area contributed by atoms with Crippen LogP contribution in [-0.4, -0.2) is 66.3 Å². The predicted molar refractivity (Wildman–Crippen MR) is 97.3 cm³/mol. The van der Waals surface area contributed by atoms with E-state index in [0.29, 0.717) is 18.7 Å². The van der Waals surface area contributed by atoms with Gasteiger partial charge in [0.05, 0.1) is 4.92 Å². The zero-order chi connectivity index (χ0) is 18.8. The van der Waals surface area contributed by atoms with E-state index in [1.807, 2.05) is 4.90 Å². The second-order valence-corrected chi connectivity index (χ2v) is 7.04. The number of nitrogens with zero attached hydrogens (tertiary/aromatic N) is 4. The van der Waals surface area contributed by atoms with Gasteiger partial charge in [0.25, 0.3) is 11.6 Å². The van der Waals surface area contributed by atoms with Crippen molar-refractivity contribution in [3.63, 3.8) is 0 Å². The highest BCUT2D eigenvalue weighted by Gasteiger charge is 2.36. The van der Waals surface area contributed by atoms with Crippen LogP contribution >= 0.6 is 0 Å². The third kappa shape index (κ3) is 3.36. The summed E-state index contributed by atoms with van der Waals surface area (Å²) in [6, 6.07) is 4.16. The van der Waals surface area contributed by atoms with E-state index in [-0.39, 0.29) is 23.1 Å². The largest absolute Gasteiger partial charge is 0.366 e.